The van der Waals surface area contributed by atoms with Crippen molar-refractivity contribution in [3.8, 4) is 0 Å². The van der Waals surface area contributed by atoms with Crippen molar-refractivity contribution in [1.29, 1.82) is 0 Å². The molecular formula is C18H27ClN2O. The van der Waals surface area contributed by atoms with Crippen LogP contribution in [0.4, 0.5) is 0 Å². The largest absolute Gasteiger partial charge is 0.384 e. The van der Waals surface area contributed by atoms with Crippen LogP contribution in [0.1, 0.15) is 18.4 Å². The van der Waals surface area contributed by atoms with Gasteiger partial charge in [-0.3, -0.25) is 4.90 Å². The lowest BCUT2D eigenvalue weighted by molar-refractivity contribution is 0.0354. The first-order chi connectivity index (χ1) is 10.6. The van der Waals surface area contributed by atoms with Gasteiger partial charge in [-0.15, -0.1) is 0 Å². The van der Waals surface area contributed by atoms with E-state index in [0.717, 1.165) is 18.2 Å². The maximum absolute atomic E-state index is 6.30. The van der Waals surface area contributed by atoms with Gasteiger partial charge in [-0.1, -0.05) is 29.8 Å². The van der Waals surface area contributed by atoms with E-state index in [4.69, 9.17) is 16.3 Å². The zero-order chi connectivity index (χ0) is 15.6. The summed E-state index contributed by atoms with van der Waals surface area (Å²) in [6.45, 7) is 6.60. The third-order valence-electron chi connectivity index (χ3n) is 5.55. The molecule has 4 heteroatoms. The topological polar surface area (TPSA) is 15.7 Å². The molecule has 1 atom stereocenters. The number of piperidine rings is 1. The van der Waals surface area contributed by atoms with E-state index < -0.39 is 0 Å². The van der Waals surface area contributed by atoms with E-state index in [1.807, 2.05) is 19.2 Å². The molecule has 0 saturated carbocycles. The molecule has 2 aliphatic heterocycles. The molecule has 2 heterocycles. The number of halogens is 1. The van der Waals surface area contributed by atoms with Gasteiger partial charge in [-0.2, -0.15) is 0 Å². The van der Waals surface area contributed by atoms with Crippen LogP contribution < -0.4 is 0 Å². The molecule has 0 unspecified atom stereocenters. The van der Waals surface area contributed by atoms with Crippen molar-refractivity contribution in [3.63, 3.8) is 0 Å². The predicted molar refractivity (Wildman–Crippen MR) is 91.3 cm³/mol. The summed E-state index contributed by atoms with van der Waals surface area (Å²) < 4.78 is 5.48. The van der Waals surface area contributed by atoms with Crippen LogP contribution in [0.15, 0.2) is 24.3 Å². The van der Waals surface area contributed by atoms with Crippen LogP contribution in [-0.2, 0) is 11.3 Å². The molecule has 3 nitrogen and oxygen atoms in total. The highest BCUT2D eigenvalue weighted by Gasteiger charge is 2.46. The molecular weight excluding hydrogens is 296 g/mol. The summed E-state index contributed by atoms with van der Waals surface area (Å²) in [5.41, 5.74) is 1.71. The highest BCUT2D eigenvalue weighted by Crippen LogP contribution is 2.44. The second-order valence-electron chi connectivity index (χ2n) is 7.08. The number of ether oxygens (including phenoxy) is 1. The van der Waals surface area contributed by atoms with Crippen LogP contribution >= 0.6 is 11.6 Å². The van der Waals surface area contributed by atoms with E-state index in [0.29, 0.717) is 11.3 Å². The molecule has 0 radical (unpaired) electrons. The normalized spacial score (nSPS) is 25.9. The first-order valence-electron chi connectivity index (χ1n) is 8.26. The Morgan fingerprint density at radius 2 is 2.00 bits per heavy atom. The molecule has 2 fully saturated rings. The average Bonchev–Trinajstić information content (AvgIpc) is 2.80. The minimum atomic E-state index is 0.460. The Bertz CT molecular complexity index is 500. The number of hydrogen-bond donors (Lipinski definition) is 0. The molecule has 0 amide bonds. The monoisotopic (exact) mass is 322 g/mol. The predicted octanol–water partition coefficient (Wildman–Crippen LogP) is 3.13. The minimum Gasteiger partial charge on any atom is -0.384 e. The number of likely N-dealkylation sites (tertiary alicyclic amines) is 2. The van der Waals surface area contributed by atoms with Gasteiger partial charge in [0.15, 0.2) is 0 Å². The van der Waals surface area contributed by atoms with Gasteiger partial charge < -0.3 is 9.64 Å². The first-order valence-corrected chi connectivity index (χ1v) is 8.64. The maximum Gasteiger partial charge on any atom is 0.0508 e. The second-order valence-corrected chi connectivity index (χ2v) is 7.49. The molecule has 2 aliphatic rings. The Balaban J connectivity index is 1.61. The first kappa shape index (κ1) is 16.3. The molecule has 0 N–H and O–H groups in total. The third kappa shape index (κ3) is 3.33. The van der Waals surface area contributed by atoms with Gasteiger partial charge in [-0.05, 0) is 50.0 Å². The molecule has 22 heavy (non-hydrogen) atoms. The Morgan fingerprint density at radius 3 is 2.68 bits per heavy atom. The Morgan fingerprint density at radius 1 is 1.27 bits per heavy atom. The molecule has 0 aromatic heterocycles. The molecule has 1 spiro atoms. The van der Waals surface area contributed by atoms with Gasteiger partial charge in [-0.25, -0.2) is 0 Å². The molecule has 1 aromatic rings. The van der Waals surface area contributed by atoms with Gasteiger partial charge in [0, 0.05) is 37.7 Å². The number of methoxy groups -OCH3 is 1. The van der Waals surface area contributed by atoms with E-state index >= 15 is 0 Å². The van der Waals surface area contributed by atoms with Gasteiger partial charge in [0.2, 0.25) is 0 Å². The fraction of sp³-hybridized carbons (Fsp3) is 0.667. The summed E-state index contributed by atoms with van der Waals surface area (Å²) in [6, 6.07) is 8.21. The van der Waals surface area contributed by atoms with Crippen LogP contribution in [0.2, 0.25) is 5.02 Å². The van der Waals surface area contributed by atoms with E-state index in [9.17, 15) is 0 Å². The molecule has 122 valence electrons. The van der Waals surface area contributed by atoms with Crippen LogP contribution in [-0.4, -0.2) is 56.7 Å². The molecule has 0 bridgehead atoms. The fourth-order valence-electron chi connectivity index (χ4n) is 4.32. The quantitative estimate of drug-likeness (QED) is 0.847. The van der Waals surface area contributed by atoms with E-state index in [1.165, 1.54) is 44.6 Å². The van der Waals surface area contributed by atoms with Gasteiger partial charge >= 0.3 is 0 Å². The zero-order valence-electron chi connectivity index (χ0n) is 13.7. The second kappa shape index (κ2) is 6.88. The zero-order valence-corrected chi connectivity index (χ0v) is 14.5. The summed E-state index contributed by atoms with van der Waals surface area (Å²) in [7, 11) is 4.08. The van der Waals surface area contributed by atoms with Crippen molar-refractivity contribution in [3.05, 3.63) is 34.9 Å². The average molecular weight is 323 g/mol. The number of rotatable bonds is 4. The van der Waals surface area contributed by atoms with Gasteiger partial charge in [0.05, 0.1) is 6.61 Å². The van der Waals surface area contributed by atoms with Crippen molar-refractivity contribution in [2.75, 3.05) is 46.9 Å². The Hall–Kier alpha value is -0.610. The van der Waals surface area contributed by atoms with Crippen molar-refractivity contribution in [1.82, 2.24) is 9.80 Å². The van der Waals surface area contributed by atoms with E-state index in [-0.39, 0.29) is 0 Å². The highest BCUT2D eigenvalue weighted by molar-refractivity contribution is 6.31. The van der Waals surface area contributed by atoms with E-state index in [2.05, 4.69) is 29.0 Å². The Labute approximate surface area is 139 Å². The lowest BCUT2D eigenvalue weighted by Gasteiger charge is -2.42. The lowest BCUT2D eigenvalue weighted by atomic mass is 9.71. The summed E-state index contributed by atoms with van der Waals surface area (Å²) in [4.78, 5) is 5.03. The fourth-order valence-corrected chi connectivity index (χ4v) is 4.52. The van der Waals surface area contributed by atoms with Crippen LogP contribution in [0.25, 0.3) is 0 Å². The highest BCUT2D eigenvalue weighted by atomic mass is 35.5. The van der Waals surface area contributed by atoms with Gasteiger partial charge in [0.1, 0.15) is 0 Å². The molecule has 0 aliphatic carbocycles. The molecule has 1 aromatic carbocycles. The van der Waals surface area contributed by atoms with Crippen molar-refractivity contribution in [2.24, 2.45) is 11.3 Å². The van der Waals surface area contributed by atoms with Crippen LogP contribution in [0.5, 0.6) is 0 Å². The van der Waals surface area contributed by atoms with Crippen molar-refractivity contribution >= 4 is 11.6 Å². The summed E-state index contributed by atoms with van der Waals surface area (Å²) >= 11 is 6.30. The minimum absolute atomic E-state index is 0.460. The standard InChI is InChI=1S/C18H27ClN2O/c1-20-12-16(13-22-2)18(14-20)7-9-21(10-8-18)11-15-5-3-4-6-17(15)19/h3-6,16H,7-14H2,1-2H3/t16-/m1/s1. The van der Waals surface area contributed by atoms with E-state index in [1.54, 1.807) is 0 Å². The van der Waals surface area contributed by atoms with Gasteiger partial charge in [0.25, 0.3) is 0 Å². The third-order valence-corrected chi connectivity index (χ3v) is 5.92. The number of hydrogen-bond acceptors (Lipinski definition) is 3. The summed E-state index contributed by atoms with van der Waals surface area (Å²) in [6.07, 6.45) is 2.55. The van der Waals surface area contributed by atoms with Crippen LogP contribution in [0, 0.1) is 11.3 Å². The maximum atomic E-state index is 6.30. The Kier molecular flexibility index (Phi) is 5.08. The SMILES string of the molecule is COC[C@H]1CN(C)CC12CCN(Cc1ccccc1Cl)CC2. The molecule has 2 saturated heterocycles. The summed E-state index contributed by atoms with van der Waals surface area (Å²) in [5.74, 6) is 0.685. The lowest BCUT2D eigenvalue weighted by Crippen LogP contribution is -2.44. The number of benzene rings is 1. The van der Waals surface area contributed by atoms with Crippen LogP contribution in [0.3, 0.4) is 0 Å². The van der Waals surface area contributed by atoms with Crippen molar-refractivity contribution < 1.29 is 4.74 Å². The summed E-state index contributed by atoms with van der Waals surface area (Å²) in [5, 5.41) is 0.889. The molecule has 3 rings (SSSR count). The van der Waals surface area contributed by atoms with Crippen molar-refractivity contribution in [2.45, 2.75) is 19.4 Å². The number of nitrogens with zero attached hydrogens (tertiary/aromatic N) is 2. The smallest absolute Gasteiger partial charge is 0.0508 e.